The molecule has 2 heterocycles. The molecule has 0 bridgehead atoms. The zero-order chi connectivity index (χ0) is 22.5. The van der Waals surface area contributed by atoms with Gasteiger partial charge in [-0.2, -0.15) is 10.4 Å². The van der Waals surface area contributed by atoms with Crippen LogP contribution >= 0.6 is 23.2 Å². The fourth-order valence-electron chi connectivity index (χ4n) is 3.02. The standard InChI is InChI=1S/C24H15Cl2N5O/c25-19-6-7-22(21(26)13-19)29-24(32)17(14-27)12-18-15-31(20-4-2-1-3-5-20)30-23(18)16-8-10-28-11-9-16/h1-13,15H,(H,29,32)/b17-12+. The zero-order valence-corrected chi connectivity index (χ0v) is 18.0. The molecule has 6 nitrogen and oxygen atoms in total. The molecule has 0 fully saturated rings. The third kappa shape index (κ3) is 4.70. The minimum absolute atomic E-state index is 0.0982. The molecule has 32 heavy (non-hydrogen) atoms. The van der Waals surface area contributed by atoms with Gasteiger partial charge in [0.05, 0.1) is 16.4 Å². The fourth-order valence-corrected chi connectivity index (χ4v) is 3.48. The molecule has 0 aliphatic carbocycles. The first kappa shape index (κ1) is 21.3. The number of nitriles is 1. The van der Waals surface area contributed by atoms with Crippen molar-refractivity contribution >= 4 is 40.9 Å². The molecule has 0 radical (unpaired) electrons. The van der Waals surface area contributed by atoms with E-state index in [2.05, 4.69) is 15.4 Å². The summed E-state index contributed by atoms with van der Waals surface area (Å²) in [5.74, 6) is -0.593. The summed E-state index contributed by atoms with van der Waals surface area (Å²) in [6.45, 7) is 0. The Morgan fingerprint density at radius 3 is 2.50 bits per heavy atom. The van der Waals surface area contributed by atoms with Crippen molar-refractivity contribution in [3.63, 3.8) is 0 Å². The number of nitrogens with zero attached hydrogens (tertiary/aromatic N) is 4. The van der Waals surface area contributed by atoms with E-state index in [4.69, 9.17) is 23.2 Å². The molecule has 4 aromatic rings. The van der Waals surface area contributed by atoms with E-state index < -0.39 is 5.91 Å². The smallest absolute Gasteiger partial charge is 0.266 e. The van der Waals surface area contributed by atoms with Crippen LogP contribution in [0.5, 0.6) is 0 Å². The highest BCUT2D eigenvalue weighted by Crippen LogP contribution is 2.27. The summed E-state index contributed by atoms with van der Waals surface area (Å²) < 4.78 is 1.70. The second-order valence-electron chi connectivity index (χ2n) is 6.70. The molecule has 0 saturated heterocycles. The Hall–Kier alpha value is -3.92. The summed E-state index contributed by atoms with van der Waals surface area (Å²) in [6.07, 6.45) is 6.59. The maximum absolute atomic E-state index is 12.8. The van der Waals surface area contributed by atoms with Crippen molar-refractivity contribution in [3.05, 3.63) is 100 Å². The first-order valence-electron chi connectivity index (χ1n) is 9.49. The first-order chi connectivity index (χ1) is 15.5. The number of para-hydroxylation sites is 1. The Kier molecular flexibility index (Phi) is 6.31. The first-order valence-corrected chi connectivity index (χ1v) is 10.2. The van der Waals surface area contributed by atoms with Gasteiger partial charge in [0, 0.05) is 34.7 Å². The number of nitrogens with one attached hydrogen (secondary N) is 1. The molecule has 1 amide bonds. The number of anilines is 1. The molecule has 4 rings (SSSR count). The van der Waals surface area contributed by atoms with Gasteiger partial charge in [-0.3, -0.25) is 9.78 Å². The number of aromatic nitrogens is 3. The Morgan fingerprint density at radius 1 is 1.06 bits per heavy atom. The summed E-state index contributed by atoms with van der Waals surface area (Å²) in [5.41, 5.74) is 3.13. The summed E-state index contributed by atoms with van der Waals surface area (Å²) in [6, 6.07) is 19.8. The number of pyridine rings is 1. The highest BCUT2D eigenvalue weighted by molar-refractivity contribution is 6.36. The van der Waals surface area contributed by atoms with Gasteiger partial charge in [-0.25, -0.2) is 4.68 Å². The van der Waals surface area contributed by atoms with Gasteiger partial charge >= 0.3 is 0 Å². The molecule has 0 aliphatic heterocycles. The van der Waals surface area contributed by atoms with Gasteiger partial charge in [-0.15, -0.1) is 0 Å². The monoisotopic (exact) mass is 459 g/mol. The van der Waals surface area contributed by atoms with Gasteiger partial charge < -0.3 is 5.32 Å². The van der Waals surface area contributed by atoms with E-state index in [1.54, 1.807) is 35.4 Å². The van der Waals surface area contributed by atoms with Crippen LogP contribution in [-0.2, 0) is 4.79 Å². The van der Waals surface area contributed by atoms with Gasteiger partial charge in [0.1, 0.15) is 17.3 Å². The van der Waals surface area contributed by atoms with Crippen molar-refractivity contribution in [1.82, 2.24) is 14.8 Å². The summed E-state index contributed by atoms with van der Waals surface area (Å²) in [7, 11) is 0. The van der Waals surface area contributed by atoms with E-state index >= 15 is 0 Å². The average Bonchev–Trinajstić information content (AvgIpc) is 3.24. The lowest BCUT2D eigenvalue weighted by atomic mass is 10.1. The number of carbonyl (C=O) groups is 1. The molecular weight excluding hydrogens is 445 g/mol. The van der Waals surface area contributed by atoms with E-state index in [9.17, 15) is 10.1 Å². The molecular formula is C24H15Cl2N5O. The lowest BCUT2D eigenvalue weighted by molar-refractivity contribution is -0.112. The predicted molar refractivity (Wildman–Crippen MR) is 125 cm³/mol. The molecule has 2 aromatic carbocycles. The van der Waals surface area contributed by atoms with E-state index in [1.165, 1.54) is 12.1 Å². The third-order valence-electron chi connectivity index (χ3n) is 4.56. The van der Waals surface area contributed by atoms with Crippen molar-refractivity contribution in [2.45, 2.75) is 0 Å². The number of hydrogen-bond acceptors (Lipinski definition) is 4. The topological polar surface area (TPSA) is 83.6 Å². The highest BCUT2D eigenvalue weighted by Gasteiger charge is 2.16. The minimum Gasteiger partial charge on any atom is -0.320 e. The van der Waals surface area contributed by atoms with E-state index in [-0.39, 0.29) is 10.6 Å². The Bertz CT molecular complexity index is 1340. The highest BCUT2D eigenvalue weighted by atomic mass is 35.5. The zero-order valence-electron chi connectivity index (χ0n) is 16.5. The molecule has 0 spiro atoms. The van der Waals surface area contributed by atoms with E-state index in [1.807, 2.05) is 48.5 Å². The van der Waals surface area contributed by atoms with Gasteiger partial charge in [-0.05, 0) is 48.5 Å². The molecule has 0 saturated carbocycles. The van der Waals surface area contributed by atoms with Crippen LogP contribution in [0.25, 0.3) is 23.0 Å². The number of halogens is 2. The molecule has 0 aliphatic rings. The average molecular weight is 460 g/mol. The SMILES string of the molecule is N#C/C(=C\c1cn(-c2ccccc2)nc1-c1ccncc1)C(=O)Nc1ccc(Cl)cc1Cl. The minimum atomic E-state index is -0.593. The number of carbonyl (C=O) groups excluding carboxylic acids is 1. The number of amides is 1. The molecule has 156 valence electrons. The van der Waals surface area contributed by atoms with Crippen LogP contribution in [0.2, 0.25) is 10.0 Å². The van der Waals surface area contributed by atoms with Crippen LogP contribution in [-0.4, -0.2) is 20.7 Å². The molecule has 1 N–H and O–H groups in total. The predicted octanol–water partition coefficient (Wildman–Crippen LogP) is 5.79. The molecule has 0 unspecified atom stereocenters. The lowest BCUT2D eigenvalue weighted by Crippen LogP contribution is -2.13. The van der Waals surface area contributed by atoms with Crippen LogP contribution in [0.3, 0.4) is 0 Å². The van der Waals surface area contributed by atoms with Gasteiger partial charge in [-0.1, -0.05) is 41.4 Å². The van der Waals surface area contributed by atoms with Crippen molar-refractivity contribution in [2.75, 3.05) is 5.32 Å². The van der Waals surface area contributed by atoms with Crippen LogP contribution in [0.4, 0.5) is 5.69 Å². The van der Waals surface area contributed by atoms with Crippen LogP contribution in [0.1, 0.15) is 5.56 Å². The van der Waals surface area contributed by atoms with Crippen molar-refractivity contribution < 1.29 is 4.79 Å². The van der Waals surface area contributed by atoms with Gasteiger partial charge in [0.25, 0.3) is 5.91 Å². The Labute approximate surface area is 194 Å². The molecule has 8 heteroatoms. The van der Waals surface area contributed by atoms with Gasteiger partial charge in [0.15, 0.2) is 0 Å². The maximum Gasteiger partial charge on any atom is 0.266 e. The normalized spacial score (nSPS) is 11.1. The van der Waals surface area contributed by atoms with E-state index in [0.717, 1.165) is 11.3 Å². The van der Waals surface area contributed by atoms with Crippen molar-refractivity contribution in [3.8, 4) is 23.0 Å². The summed E-state index contributed by atoms with van der Waals surface area (Å²) in [4.78, 5) is 16.8. The summed E-state index contributed by atoms with van der Waals surface area (Å²) >= 11 is 12.0. The third-order valence-corrected chi connectivity index (χ3v) is 5.11. The molecule has 2 aromatic heterocycles. The van der Waals surface area contributed by atoms with Crippen LogP contribution in [0, 0.1) is 11.3 Å². The second kappa shape index (κ2) is 9.48. The number of benzene rings is 2. The number of rotatable bonds is 5. The second-order valence-corrected chi connectivity index (χ2v) is 7.54. The Balaban J connectivity index is 1.74. The van der Waals surface area contributed by atoms with E-state index in [0.29, 0.717) is 22.0 Å². The van der Waals surface area contributed by atoms with Crippen LogP contribution in [0.15, 0.2) is 84.8 Å². The lowest BCUT2D eigenvalue weighted by Gasteiger charge is -2.07. The fraction of sp³-hybridized carbons (Fsp3) is 0. The maximum atomic E-state index is 12.8. The Morgan fingerprint density at radius 2 is 1.81 bits per heavy atom. The van der Waals surface area contributed by atoms with Crippen molar-refractivity contribution in [2.24, 2.45) is 0 Å². The van der Waals surface area contributed by atoms with Gasteiger partial charge in [0.2, 0.25) is 0 Å². The molecule has 0 atom stereocenters. The van der Waals surface area contributed by atoms with Crippen LogP contribution < -0.4 is 5.32 Å². The quantitative estimate of drug-likeness (QED) is 0.302. The summed E-state index contributed by atoms with van der Waals surface area (Å²) in [5, 5.41) is 17.7. The number of hydrogen-bond donors (Lipinski definition) is 1. The largest absolute Gasteiger partial charge is 0.320 e. The van der Waals surface area contributed by atoms with Crippen molar-refractivity contribution in [1.29, 1.82) is 5.26 Å².